The van der Waals surface area contributed by atoms with Crippen LogP contribution in [0.1, 0.15) is 26.4 Å². The highest BCUT2D eigenvalue weighted by Crippen LogP contribution is 2.18. The summed E-state index contributed by atoms with van der Waals surface area (Å²) in [6.07, 6.45) is 0. The number of hydrogen-bond donors (Lipinski definition) is 1. The zero-order valence-electron chi connectivity index (χ0n) is 11.5. The van der Waals surface area contributed by atoms with E-state index in [4.69, 9.17) is 0 Å². The molecule has 0 saturated carbocycles. The van der Waals surface area contributed by atoms with E-state index in [2.05, 4.69) is 31.0 Å². The summed E-state index contributed by atoms with van der Waals surface area (Å²) in [7, 11) is 1.33. The van der Waals surface area contributed by atoms with Gasteiger partial charge in [-0.2, -0.15) is 0 Å². The fourth-order valence-electron chi connectivity index (χ4n) is 1.77. The smallest absolute Gasteiger partial charge is 0.337 e. The second-order valence-electron chi connectivity index (χ2n) is 4.32. The average molecular weight is 349 g/mol. The molecule has 0 bridgehead atoms. The van der Waals surface area contributed by atoms with Crippen molar-refractivity contribution in [1.82, 2.24) is 4.98 Å². The number of benzene rings is 1. The predicted molar refractivity (Wildman–Crippen MR) is 82.4 cm³/mol. The Morgan fingerprint density at radius 2 is 2.00 bits per heavy atom. The maximum absolute atomic E-state index is 12.1. The molecule has 0 aliphatic heterocycles. The molecule has 21 heavy (non-hydrogen) atoms. The molecular weight excluding hydrogens is 336 g/mol. The van der Waals surface area contributed by atoms with E-state index in [0.29, 0.717) is 21.5 Å². The lowest BCUT2D eigenvalue weighted by Crippen LogP contribution is -2.14. The van der Waals surface area contributed by atoms with Crippen LogP contribution in [0.4, 0.5) is 5.69 Å². The van der Waals surface area contributed by atoms with Crippen LogP contribution in [0.5, 0.6) is 0 Å². The molecule has 0 spiro atoms. The van der Waals surface area contributed by atoms with Gasteiger partial charge in [0.15, 0.2) is 0 Å². The molecule has 6 heteroatoms. The number of ether oxygens (including phenoxy) is 1. The number of anilines is 1. The van der Waals surface area contributed by atoms with Crippen LogP contribution in [0.3, 0.4) is 0 Å². The van der Waals surface area contributed by atoms with E-state index in [9.17, 15) is 9.59 Å². The summed E-state index contributed by atoms with van der Waals surface area (Å²) in [6, 6.07) is 10.0. The van der Waals surface area contributed by atoms with Crippen molar-refractivity contribution in [2.24, 2.45) is 0 Å². The molecule has 2 aromatic rings. The molecule has 1 aromatic carbocycles. The molecule has 2 rings (SSSR count). The Labute approximate surface area is 130 Å². The molecule has 0 saturated heterocycles. The van der Waals surface area contributed by atoms with Crippen LogP contribution >= 0.6 is 15.9 Å². The van der Waals surface area contributed by atoms with Crippen molar-refractivity contribution in [2.45, 2.75) is 6.92 Å². The van der Waals surface area contributed by atoms with Crippen LogP contribution in [-0.2, 0) is 4.74 Å². The standard InChI is InChI=1S/C15H13BrN2O3/c1-9-8-10(15(20)21-2)6-7-11(9)18-14(19)12-4-3-5-13(16)17-12/h3-8H,1-2H3,(H,18,19). The van der Waals surface area contributed by atoms with Gasteiger partial charge in [0.05, 0.1) is 12.7 Å². The summed E-state index contributed by atoms with van der Waals surface area (Å²) in [4.78, 5) is 27.6. The number of aryl methyl sites for hydroxylation is 1. The quantitative estimate of drug-likeness (QED) is 0.683. The number of rotatable bonds is 3. The summed E-state index contributed by atoms with van der Waals surface area (Å²) in [5.74, 6) is -0.727. The molecule has 0 atom stereocenters. The fourth-order valence-corrected chi connectivity index (χ4v) is 2.11. The summed E-state index contributed by atoms with van der Waals surface area (Å²) >= 11 is 3.22. The Hall–Kier alpha value is -2.21. The van der Waals surface area contributed by atoms with E-state index in [1.54, 1.807) is 43.3 Å². The van der Waals surface area contributed by atoms with Gasteiger partial charge in [0.1, 0.15) is 10.3 Å². The Kier molecular flexibility index (Phi) is 4.70. The maximum atomic E-state index is 12.1. The SMILES string of the molecule is COC(=O)c1ccc(NC(=O)c2cccc(Br)n2)c(C)c1. The number of amides is 1. The number of nitrogens with zero attached hydrogens (tertiary/aromatic N) is 1. The van der Waals surface area contributed by atoms with Gasteiger partial charge in [-0.25, -0.2) is 9.78 Å². The van der Waals surface area contributed by atoms with Gasteiger partial charge in [-0.15, -0.1) is 0 Å². The third-order valence-electron chi connectivity index (χ3n) is 2.84. The van der Waals surface area contributed by atoms with Crippen LogP contribution in [0.2, 0.25) is 0 Å². The van der Waals surface area contributed by atoms with Crippen molar-refractivity contribution in [3.05, 3.63) is 57.8 Å². The van der Waals surface area contributed by atoms with E-state index < -0.39 is 5.97 Å². The Balaban J connectivity index is 2.20. The van der Waals surface area contributed by atoms with E-state index >= 15 is 0 Å². The Bertz CT molecular complexity index is 701. The van der Waals surface area contributed by atoms with Gasteiger partial charge in [-0.1, -0.05) is 6.07 Å². The zero-order valence-corrected chi connectivity index (χ0v) is 13.1. The monoisotopic (exact) mass is 348 g/mol. The molecule has 0 radical (unpaired) electrons. The highest BCUT2D eigenvalue weighted by atomic mass is 79.9. The average Bonchev–Trinajstić information content (AvgIpc) is 2.48. The number of carbonyl (C=O) groups is 2. The van der Waals surface area contributed by atoms with Crippen LogP contribution in [0.15, 0.2) is 41.0 Å². The minimum atomic E-state index is -0.412. The van der Waals surface area contributed by atoms with Crippen molar-refractivity contribution < 1.29 is 14.3 Å². The third-order valence-corrected chi connectivity index (χ3v) is 3.29. The molecule has 0 aliphatic rings. The van der Waals surface area contributed by atoms with Gasteiger partial charge in [0.2, 0.25) is 0 Å². The van der Waals surface area contributed by atoms with E-state index in [0.717, 1.165) is 5.56 Å². The van der Waals surface area contributed by atoms with Crippen LogP contribution in [0, 0.1) is 6.92 Å². The first-order valence-corrected chi connectivity index (χ1v) is 6.93. The lowest BCUT2D eigenvalue weighted by Gasteiger charge is -2.09. The first-order chi connectivity index (χ1) is 10.0. The fraction of sp³-hybridized carbons (Fsp3) is 0.133. The van der Waals surface area contributed by atoms with Crippen molar-refractivity contribution in [3.8, 4) is 0 Å². The number of esters is 1. The van der Waals surface area contributed by atoms with Gasteiger partial charge < -0.3 is 10.1 Å². The number of halogens is 1. The zero-order chi connectivity index (χ0) is 15.4. The molecule has 0 fully saturated rings. The number of aromatic nitrogens is 1. The summed E-state index contributed by atoms with van der Waals surface area (Å²) in [6.45, 7) is 1.80. The van der Waals surface area contributed by atoms with Crippen LogP contribution < -0.4 is 5.32 Å². The van der Waals surface area contributed by atoms with Gasteiger partial charge >= 0.3 is 5.97 Å². The van der Waals surface area contributed by atoms with Gasteiger partial charge in [-0.05, 0) is 58.7 Å². The van der Waals surface area contributed by atoms with Gasteiger partial charge in [0, 0.05) is 5.69 Å². The first kappa shape index (κ1) is 15.2. The molecular formula is C15H13BrN2O3. The molecule has 1 amide bonds. The first-order valence-electron chi connectivity index (χ1n) is 6.14. The lowest BCUT2D eigenvalue weighted by molar-refractivity contribution is 0.0600. The maximum Gasteiger partial charge on any atom is 0.337 e. The van der Waals surface area contributed by atoms with Crippen molar-refractivity contribution in [1.29, 1.82) is 0 Å². The van der Waals surface area contributed by atoms with Crippen LogP contribution in [0.25, 0.3) is 0 Å². The molecule has 0 unspecified atom stereocenters. The summed E-state index contributed by atoms with van der Waals surface area (Å²) < 4.78 is 5.24. The normalized spacial score (nSPS) is 10.0. The number of pyridine rings is 1. The highest BCUT2D eigenvalue weighted by Gasteiger charge is 2.11. The molecule has 5 nitrogen and oxygen atoms in total. The third kappa shape index (κ3) is 3.66. The lowest BCUT2D eigenvalue weighted by atomic mass is 10.1. The predicted octanol–water partition coefficient (Wildman–Crippen LogP) is 3.19. The van der Waals surface area contributed by atoms with Crippen molar-refractivity contribution in [2.75, 3.05) is 12.4 Å². The highest BCUT2D eigenvalue weighted by molar-refractivity contribution is 9.10. The minimum absolute atomic E-state index is 0.306. The van der Waals surface area contributed by atoms with Crippen LogP contribution in [-0.4, -0.2) is 24.0 Å². The number of carbonyl (C=O) groups excluding carboxylic acids is 2. The number of methoxy groups -OCH3 is 1. The molecule has 1 N–H and O–H groups in total. The molecule has 0 aliphatic carbocycles. The van der Waals surface area contributed by atoms with E-state index in [1.165, 1.54) is 7.11 Å². The molecule has 1 aromatic heterocycles. The van der Waals surface area contributed by atoms with E-state index in [1.807, 2.05) is 0 Å². The number of hydrogen-bond acceptors (Lipinski definition) is 4. The van der Waals surface area contributed by atoms with Gasteiger partial charge in [-0.3, -0.25) is 4.79 Å². The molecule has 108 valence electrons. The molecule has 1 heterocycles. The second kappa shape index (κ2) is 6.49. The van der Waals surface area contributed by atoms with Crippen molar-refractivity contribution in [3.63, 3.8) is 0 Å². The van der Waals surface area contributed by atoms with E-state index in [-0.39, 0.29) is 5.91 Å². The largest absolute Gasteiger partial charge is 0.465 e. The summed E-state index contributed by atoms with van der Waals surface area (Å²) in [5, 5.41) is 2.76. The van der Waals surface area contributed by atoms with Crippen molar-refractivity contribution >= 4 is 33.5 Å². The second-order valence-corrected chi connectivity index (χ2v) is 5.13. The van der Waals surface area contributed by atoms with Gasteiger partial charge in [0.25, 0.3) is 5.91 Å². The Morgan fingerprint density at radius 3 is 2.62 bits per heavy atom. The summed E-state index contributed by atoms with van der Waals surface area (Å²) in [5.41, 5.74) is 2.13. The minimum Gasteiger partial charge on any atom is -0.465 e. The topological polar surface area (TPSA) is 68.3 Å². The Morgan fingerprint density at radius 1 is 1.24 bits per heavy atom. The number of nitrogens with one attached hydrogen (secondary N) is 1.